The lowest BCUT2D eigenvalue weighted by atomic mass is 10.1. The third-order valence-electron chi connectivity index (χ3n) is 2.47. The Balaban J connectivity index is 2.12. The first kappa shape index (κ1) is 12.5. The van der Waals surface area contributed by atoms with Gasteiger partial charge in [0.05, 0.1) is 16.9 Å². The van der Waals surface area contributed by atoms with Crippen LogP contribution in [0, 0.1) is 0 Å². The lowest BCUT2D eigenvalue weighted by molar-refractivity contribution is -0.117. The quantitative estimate of drug-likeness (QED) is 0.891. The number of benzene rings is 1. The number of nitrogens with zero attached hydrogens (tertiary/aromatic N) is 1. The van der Waals surface area contributed by atoms with Crippen molar-refractivity contribution in [1.82, 2.24) is 4.98 Å². The van der Waals surface area contributed by atoms with Crippen molar-refractivity contribution >= 4 is 23.2 Å². The van der Waals surface area contributed by atoms with Gasteiger partial charge in [0.25, 0.3) is 0 Å². The van der Waals surface area contributed by atoms with Crippen molar-refractivity contribution in [2.45, 2.75) is 6.04 Å². The molecular weight excluding hydrogens is 250 g/mol. The number of amides is 1. The zero-order valence-electron chi connectivity index (χ0n) is 9.51. The van der Waals surface area contributed by atoms with Crippen LogP contribution in [0.2, 0.25) is 5.02 Å². The second-order valence-corrected chi connectivity index (χ2v) is 4.14. The van der Waals surface area contributed by atoms with Crippen LogP contribution in [0.3, 0.4) is 0 Å². The Labute approximate surface area is 110 Å². The summed E-state index contributed by atoms with van der Waals surface area (Å²) in [6.45, 7) is 0. The third-order valence-corrected chi connectivity index (χ3v) is 2.80. The van der Waals surface area contributed by atoms with Crippen molar-refractivity contribution in [1.29, 1.82) is 0 Å². The summed E-state index contributed by atoms with van der Waals surface area (Å²) in [5, 5.41) is 3.08. The van der Waals surface area contributed by atoms with Crippen LogP contribution in [-0.2, 0) is 4.79 Å². The average Bonchev–Trinajstić information content (AvgIpc) is 2.41. The summed E-state index contributed by atoms with van der Waals surface area (Å²) >= 11 is 5.92. The smallest absolute Gasteiger partial charge is 0.245 e. The summed E-state index contributed by atoms with van der Waals surface area (Å²) in [6.07, 6.45) is 3.03. The molecule has 0 aliphatic heterocycles. The fraction of sp³-hybridized carbons (Fsp3) is 0.0769. The first-order valence-electron chi connectivity index (χ1n) is 5.39. The number of nitrogens with two attached hydrogens (primary N) is 1. The molecule has 5 heteroatoms. The van der Waals surface area contributed by atoms with Crippen LogP contribution in [0.4, 0.5) is 5.69 Å². The average molecular weight is 262 g/mol. The summed E-state index contributed by atoms with van der Waals surface area (Å²) in [7, 11) is 0. The number of aromatic nitrogens is 1. The van der Waals surface area contributed by atoms with Gasteiger partial charge in [0.2, 0.25) is 5.91 Å². The van der Waals surface area contributed by atoms with Gasteiger partial charge < -0.3 is 11.1 Å². The number of pyridine rings is 1. The minimum absolute atomic E-state index is 0.323. The highest BCUT2D eigenvalue weighted by molar-refractivity contribution is 6.33. The van der Waals surface area contributed by atoms with E-state index in [2.05, 4.69) is 10.3 Å². The SMILES string of the molecule is NC(C(=O)Nc1cnccc1Cl)c1ccccc1. The number of anilines is 1. The predicted octanol–water partition coefficient (Wildman–Crippen LogP) is 2.37. The van der Waals surface area contributed by atoms with Crippen molar-refractivity contribution in [3.63, 3.8) is 0 Å². The number of hydrogen-bond acceptors (Lipinski definition) is 3. The van der Waals surface area contributed by atoms with Gasteiger partial charge in [-0.05, 0) is 11.6 Å². The molecule has 1 atom stereocenters. The summed E-state index contributed by atoms with van der Waals surface area (Å²) in [4.78, 5) is 15.8. The van der Waals surface area contributed by atoms with Gasteiger partial charge in [0.15, 0.2) is 0 Å². The molecule has 1 unspecified atom stereocenters. The first-order valence-corrected chi connectivity index (χ1v) is 5.77. The fourth-order valence-electron chi connectivity index (χ4n) is 1.49. The number of carbonyl (C=O) groups excluding carboxylic acids is 1. The van der Waals surface area contributed by atoms with Gasteiger partial charge >= 0.3 is 0 Å². The molecule has 0 fully saturated rings. The zero-order valence-corrected chi connectivity index (χ0v) is 10.3. The molecule has 0 aliphatic rings. The molecule has 0 saturated heterocycles. The lowest BCUT2D eigenvalue weighted by Crippen LogP contribution is -2.27. The van der Waals surface area contributed by atoms with E-state index < -0.39 is 6.04 Å². The molecular formula is C13H12ClN3O. The molecule has 3 N–H and O–H groups in total. The normalized spacial score (nSPS) is 11.9. The molecule has 0 bridgehead atoms. The molecule has 1 aromatic carbocycles. The van der Waals surface area contributed by atoms with E-state index in [0.717, 1.165) is 5.56 Å². The van der Waals surface area contributed by atoms with Crippen molar-refractivity contribution in [2.75, 3.05) is 5.32 Å². The number of carbonyl (C=O) groups is 1. The summed E-state index contributed by atoms with van der Waals surface area (Å²) < 4.78 is 0. The van der Waals surface area contributed by atoms with Crippen molar-refractivity contribution in [2.24, 2.45) is 5.73 Å². The van der Waals surface area contributed by atoms with Crippen molar-refractivity contribution < 1.29 is 4.79 Å². The standard InChI is InChI=1S/C13H12ClN3O/c14-10-6-7-16-8-11(10)17-13(18)12(15)9-4-2-1-3-5-9/h1-8,12H,15H2,(H,17,18). The van der Waals surface area contributed by atoms with Crippen LogP contribution in [0.25, 0.3) is 0 Å². The molecule has 1 amide bonds. The minimum Gasteiger partial charge on any atom is -0.322 e. The van der Waals surface area contributed by atoms with Gasteiger partial charge in [-0.15, -0.1) is 0 Å². The summed E-state index contributed by atoms with van der Waals surface area (Å²) in [5.74, 6) is -0.323. The Kier molecular flexibility index (Phi) is 3.92. The number of nitrogens with one attached hydrogen (secondary N) is 1. The molecule has 2 aromatic rings. The molecule has 0 aliphatic carbocycles. The Morgan fingerprint density at radius 3 is 2.67 bits per heavy atom. The molecule has 92 valence electrons. The van der Waals surface area contributed by atoms with E-state index in [4.69, 9.17) is 17.3 Å². The largest absolute Gasteiger partial charge is 0.322 e. The Bertz CT molecular complexity index is 545. The Morgan fingerprint density at radius 2 is 2.00 bits per heavy atom. The molecule has 1 aromatic heterocycles. The number of rotatable bonds is 3. The summed E-state index contributed by atoms with van der Waals surface area (Å²) in [6, 6.07) is 10.0. The highest BCUT2D eigenvalue weighted by Gasteiger charge is 2.16. The topological polar surface area (TPSA) is 68.0 Å². The van der Waals surface area contributed by atoms with Gasteiger partial charge in [0, 0.05) is 6.20 Å². The maximum Gasteiger partial charge on any atom is 0.245 e. The van der Waals surface area contributed by atoms with E-state index in [1.54, 1.807) is 24.4 Å². The molecule has 4 nitrogen and oxygen atoms in total. The van der Waals surface area contributed by atoms with Crippen LogP contribution >= 0.6 is 11.6 Å². The minimum atomic E-state index is -0.734. The van der Waals surface area contributed by atoms with E-state index in [0.29, 0.717) is 10.7 Å². The highest BCUT2D eigenvalue weighted by atomic mass is 35.5. The van der Waals surface area contributed by atoms with Crippen LogP contribution < -0.4 is 11.1 Å². The van der Waals surface area contributed by atoms with Crippen molar-refractivity contribution in [3.8, 4) is 0 Å². The van der Waals surface area contributed by atoms with Gasteiger partial charge in [-0.1, -0.05) is 41.9 Å². The van der Waals surface area contributed by atoms with Crippen molar-refractivity contribution in [3.05, 3.63) is 59.4 Å². The second-order valence-electron chi connectivity index (χ2n) is 3.73. The fourth-order valence-corrected chi connectivity index (χ4v) is 1.64. The number of hydrogen-bond donors (Lipinski definition) is 2. The second kappa shape index (κ2) is 5.62. The van der Waals surface area contributed by atoms with Crippen LogP contribution in [0.1, 0.15) is 11.6 Å². The van der Waals surface area contributed by atoms with Gasteiger partial charge in [-0.2, -0.15) is 0 Å². The van der Waals surface area contributed by atoms with E-state index in [9.17, 15) is 4.79 Å². The number of halogens is 1. The van der Waals surface area contributed by atoms with E-state index in [-0.39, 0.29) is 5.91 Å². The van der Waals surface area contributed by atoms with Crippen LogP contribution in [0.5, 0.6) is 0 Å². The van der Waals surface area contributed by atoms with Crippen LogP contribution in [0.15, 0.2) is 48.8 Å². The van der Waals surface area contributed by atoms with E-state index in [1.807, 2.05) is 18.2 Å². The molecule has 0 radical (unpaired) electrons. The molecule has 1 heterocycles. The van der Waals surface area contributed by atoms with Gasteiger partial charge in [-0.25, -0.2) is 0 Å². The zero-order chi connectivity index (χ0) is 13.0. The first-order chi connectivity index (χ1) is 8.68. The lowest BCUT2D eigenvalue weighted by Gasteiger charge is -2.12. The molecule has 0 spiro atoms. The Morgan fingerprint density at radius 1 is 1.28 bits per heavy atom. The van der Waals surface area contributed by atoms with E-state index in [1.165, 1.54) is 6.20 Å². The third kappa shape index (κ3) is 2.85. The van der Waals surface area contributed by atoms with E-state index >= 15 is 0 Å². The van der Waals surface area contributed by atoms with Gasteiger partial charge in [-0.3, -0.25) is 9.78 Å². The monoisotopic (exact) mass is 261 g/mol. The Hall–Kier alpha value is -1.91. The molecule has 18 heavy (non-hydrogen) atoms. The highest BCUT2D eigenvalue weighted by Crippen LogP contribution is 2.20. The molecule has 0 saturated carbocycles. The summed E-state index contributed by atoms with van der Waals surface area (Å²) in [5.41, 5.74) is 7.06. The maximum absolute atomic E-state index is 11.9. The van der Waals surface area contributed by atoms with Gasteiger partial charge in [0.1, 0.15) is 6.04 Å². The van der Waals surface area contributed by atoms with Crippen LogP contribution in [-0.4, -0.2) is 10.9 Å². The maximum atomic E-state index is 11.9. The predicted molar refractivity (Wildman–Crippen MR) is 71.2 cm³/mol. The molecule has 2 rings (SSSR count).